The van der Waals surface area contributed by atoms with Gasteiger partial charge in [0.2, 0.25) is 12.8 Å². The number of carbonyl (C=O) groups is 2. The summed E-state index contributed by atoms with van der Waals surface area (Å²) in [5.41, 5.74) is 9.00. The standard InChI is InChI=1S/C9H15NO2.C8H10N2O.C2H6.2CH5N/c1-2-5-10(8-11)9-3-6-12-7-4-9;1-2-10(7-11)8-5-3-4-6-9-8;3*1-2/h2,8-9H,1,3-7H2;3-7H,2H2,1H3;1-2H3;2*2H2,1H3. The van der Waals surface area contributed by atoms with Crippen LogP contribution in [0.4, 0.5) is 5.82 Å². The van der Waals surface area contributed by atoms with E-state index in [0.717, 1.165) is 38.9 Å². The largest absolute Gasteiger partial charge is 0.381 e. The first kappa shape index (κ1) is 31.4. The van der Waals surface area contributed by atoms with E-state index in [2.05, 4.69) is 23.0 Å². The van der Waals surface area contributed by atoms with Gasteiger partial charge in [0.1, 0.15) is 5.82 Å². The van der Waals surface area contributed by atoms with Crippen molar-refractivity contribution in [3.05, 3.63) is 37.1 Å². The molecule has 0 aromatic carbocycles. The van der Waals surface area contributed by atoms with Crippen LogP contribution in [0.2, 0.25) is 0 Å². The molecule has 2 heterocycles. The molecule has 0 saturated carbocycles. The van der Waals surface area contributed by atoms with Crippen LogP contribution in [-0.4, -0.2) is 69.1 Å². The Bertz CT molecular complexity index is 469. The zero-order valence-corrected chi connectivity index (χ0v) is 18.8. The van der Waals surface area contributed by atoms with Crippen molar-refractivity contribution in [3.8, 4) is 0 Å². The summed E-state index contributed by atoms with van der Waals surface area (Å²) in [5, 5.41) is 0. The summed E-state index contributed by atoms with van der Waals surface area (Å²) in [5.74, 6) is 0.699. The molecule has 2 rings (SSSR count). The highest BCUT2D eigenvalue weighted by molar-refractivity contribution is 5.72. The fraction of sp³-hybridized carbons (Fsp3) is 0.571. The molecular formula is C21H41N5O3. The van der Waals surface area contributed by atoms with Gasteiger partial charge >= 0.3 is 0 Å². The molecule has 8 nitrogen and oxygen atoms in total. The molecule has 0 atom stereocenters. The van der Waals surface area contributed by atoms with Crippen molar-refractivity contribution in [3.63, 3.8) is 0 Å². The van der Waals surface area contributed by atoms with Crippen molar-refractivity contribution >= 4 is 18.6 Å². The fourth-order valence-electron chi connectivity index (χ4n) is 2.26. The third-order valence-corrected chi connectivity index (χ3v) is 3.55. The zero-order valence-electron chi connectivity index (χ0n) is 18.8. The van der Waals surface area contributed by atoms with Crippen molar-refractivity contribution in [1.29, 1.82) is 0 Å². The quantitative estimate of drug-likeness (QED) is 0.524. The Morgan fingerprint density at radius 1 is 1.14 bits per heavy atom. The highest BCUT2D eigenvalue weighted by Gasteiger charge is 2.18. The van der Waals surface area contributed by atoms with Crippen LogP contribution in [-0.2, 0) is 14.3 Å². The SMILES string of the molecule is C=CCN(C=O)C1CCOCC1.CC.CCN(C=O)c1ccccn1.CN.CN. The lowest BCUT2D eigenvalue weighted by Crippen LogP contribution is -2.38. The fourth-order valence-corrected chi connectivity index (χ4v) is 2.26. The monoisotopic (exact) mass is 411 g/mol. The number of amides is 2. The number of aromatic nitrogens is 1. The molecule has 1 saturated heterocycles. The van der Waals surface area contributed by atoms with Crippen LogP contribution in [0, 0.1) is 0 Å². The smallest absolute Gasteiger partial charge is 0.215 e. The normalized spacial score (nSPS) is 11.8. The van der Waals surface area contributed by atoms with Crippen LogP contribution in [0.15, 0.2) is 37.1 Å². The number of ether oxygens (including phenoxy) is 1. The van der Waals surface area contributed by atoms with E-state index in [-0.39, 0.29) is 0 Å². The van der Waals surface area contributed by atoms with E-state index in [1.807, 2.05) is 32.9 Å². The molecule has 2 amide bonds. The third kappa shape index (κ3) is 15.3. The summed E-state index contributed by atoms with van der Waals surface area (Å²) in [6, 6.07) is 5.84. The Labute approximate surface area is 176 Å². The molecule has 0 unspecified atom stereocenters. The minimum absolute atomic E-state index is 0.356. The van der Waals surface area contributed by atoms with Gasteiger partial charge in [0.05, 0.1) is 0 Å². The maximum absolute atomic E-state index is 10.6. The van der Waals surface area contributed by atoms with E-state index < -0.39 is 0 Å². The number of anilines is 1. The van der Waals surface area contributed by atoms with Gasteiger partial charge in [-0.05, 0) is 46.0 Å². The molecule has 0 radical (unpaired) electrons. The molecule has 0 spiro atoms. The summed E-state index contributed by atoms with van der Waals surface area (Å²) in [4.78, 5) is 28.4. The summed E-state index contributed by atoms with van der Waals surface area (Å²) in [6.45, 7) is 12.4. The number of nitrogens with two attached hydrogens (primary N) is 2. The highest BCUT2D eigenvalue weighted by Crippen LogP contribution is 2.12. The molecular weight excluding hydrogens is 370 g/mol. The second kappa shape index (κ2) is 25.7. The van der Waals surface area contributed by atoms with Gasteiger partial charge in [0, 0.05) is 38.5 Å². The molecule has 1 aromatic rings. The predicted molar refractivity (Wildman–Crippen MR) is 122 cm³/mol. The van der Waals surface area contributed by atoms with E-state index in [1.54, 1.807) is 28.1 Å². The van der Waals surface area contributed by atoms with Crippen LogP contribution >= 0.6 is 0 Å². The Kier molecular flexibility index (Phi) is 27.8. The van der Waals surface area contributed by atoms with Crippen LogP contribution < -0.4 is 16.4 Å². The minimum atomic E-state index is 0.356. The number of carbonyl (C=O) groups excluding carboxylic acids is 2. The van der Waals surface area contributed by atoms with Crippen LogP contribution in [0.1, 0.15) is 33.6 Å². The van der Waals surface area contributed by atoms with Crippen molar-refractivity contribution in [2.24, 2.45) is 11.5 Å². The Hall–Kier alpha value is -2.29. The predicted octanol–water partition coefficient (Wildman–Crippen LogP) is 2.05. The number of pyridine rings is 1. The third-order valence-electron chi connectivity index (χ3n) is 3.55. The van der Waals surface area contributed by atoms with Gasteiger partial charge in [-0.25, -0.2) is 4.98 Å². The van der Waals surface area contributed by atoms with E-state index in [0.29, 0.717) is 24.9 Å². The van der Waals surface area contributed by atoms with Crippen LogP contribution in [0.3, 0.4) is 0 Å². The molecule has 29 heavy (non-hydrogen) atoms. The molecule has 1 fully saturated rings. The van der Waals surface area contributed by atoms with Gasteiger partial charge in [-0.1, -0.05) is 26.0 Å². The zero-order chi connectivity index (χ0) is 22.9. The molecule has 0 aliphatic carbocycles. The van der Waals surface area contributed by atoms with E-state index in [4.69, 9.17) is 4.74 Å². The number of rotatable bonds is 7. The molecule has 4 N–H and O–H groups in total. The molecule has 1 aromatic heterocycles. The number of hydrogen-bond acceptors (Lipinski definition) is 6. The van der Waals surface area contributed by atoms with Crippen molar-refractivity contribution in [1.82, 2.24) is 9.88 Å². The first-order chi connectivity index (χ1) is 14.3. The maximum Gasteiger partial charge on any atom is 0.215 e. The lowest BCUT2D eigenvalue weighted by molar-refractivity contribution is -0.121. The molecule has 168 valence electrons. The lowest BCUT2D eigenvalue weighted by Gasteiger charge is -2.30. The minimum Gasteiger partial charge on any atom is -0.381 e. The van der Waals surface area contributed by atoms with Crippen LogP contribution in [0.25, 0.3) is 0 Å². The first-order valence-electron chi connectivity index (χ1n) is 9.94. The topological polar surface area (TPSA) is 115 Å². The van der Waals surface area contributed by atoms with E-state index in [9.17, 15) is 9.59 Å². The summed E-state index contributed by atoms with van der Waals surface area (Å²) in [6.07, 6.45) is 7.00. The van der Waals surface area contributed by atoms with Gasteiger partial charge in [0.15, 0.2) is 0 Å². The van der Waals surface area contributed by atoms with Gasteiger partial charge in [-0.2, -0.15) is 0 Å². The second-order valence-corrected chi connectivity index (χ2v) is 5.01. The Balaban J connectivity index is -0.000000371. The molecule has 1 aliphatic rings. The highest BCUT2D eigenvalue weighted by atomic mass is 16.5. The molecule has 0 bridgehead atoms. The van der Waals surface area contributed by atoms with E-state index >= 15 is 0 Å². The average molecular weight is 412 g/mol. The van der Waals surface area contributed by atoms with Gasteiger partial charge < -0.3 is 21.1 Å². The van der Waals surface area contributed by atoms with Gasteiger partial charge in [0.25, 0.3) is 0 Å². The Morgan fingerprint density at radius 2 is 1.72 bits per heavy atom. The summed E-state index contributed by atoms with van der Waals surface area (Å²) in [7, 11) is 3.00. The van der Waals surface area contributed by atoms with Gasteiger partial charge in [-0.15, -0.1) is 6.58 Å². The molecule has 1 aliphatic heterocycles. The maximum atomic E-state index is 10.6. The van der Waals surface area contributed by atoms with Crippen molar-refractivity contribution in [2.45, 2.75) is 39.7 Å². The van der Waals surface area contributed by atoms with Gasteiger partial charge in [-0.3, -0.25) is 14.5 Å². The lowest BCUT2D eigenvalue weighted by atomic mass is 10.1. The second-order valence-electron chi connectivity index (χ2n) is 5.01. The number of hydrogen-bond donors (Lipinski definition) is 2. The van der Waals surface area contributed by atoms with Crippen LogP contribution in [0.5, 0.6) is 0 Å². The average Bonchev–Trinajstić information content (AvgIpc) is 2.84. The van der Waals surface area contributed by atoms with Crippen molar-refractivity contribution < 1.29 is 14.3 Å². The first-order valence-corrected chi connectivity index (χ1v) is 9.94. The molecule has 8 heteroatoms. The number of nitrogens with zero attached hydrogens (tertiary/aromatic N) is 3. The summed E-state index contributed by atoms with van der Waals surface area (Å²) >= 11 is 0. The summed E-state index contributed by atoms with van der Waals surface area (Å²) < 4.78 is 5.20. The Morgan fingerprint density at radius 3 is 2.10 bits per heavy atom. The van der Waals surface area contributed by atoms with E-state index in [1.165, 1.54) is 14.1 Å². The van der Waals surface area contributed by atoms with Crippen molar-refractivity contribution in [2.75, 3.05) is 45.3 Å².